The molecule has 3 aromatic heterocycles. The van der Waals surface area contributed by atoms with Crippen molar-refractivity contribution in [3.63, 3.8) is 0 Å². The summed E-state index contributed by atoms with van der Waals surface area (Å²) in [6.45, 7) is 0. The van der Waals surface area contributed by atoms with Gasteiger partial charge in [-0.25, -0.2) is 15.0 Å². The lowest BCUT2D eigenvalue weighted by Gasteiger charge is -2.11. The van der Waals surface area contributed by atoms with E-state index in [0.717, 1.165) is 60.3 Å². The van der Waals surface area contributed by atoms with Crippen molar-refractivity contribution in [1.82, 2.24) is 19.9 Å². The lowest BCUT2D eigenvalue weighted by molar-refractivity contribution is 0.669. The first kappa shape index (κ1) is 25.8. The van der Waals surface area contributed by atoms with Crippen LogP contribution in [0.5, 0.6) is 0 Å². The average Bonchev–Trinajstić information content (AvgIpc) is 3.53. The monoisotopic (exact) mass is 600 g/mol. The van der Waals surface area contributed by atoms with E-state index in [9.17, 15) is 0 Å². The minimum Gasteiger partial charge on any atom is -0.456 e. The fourth-order valence-corrected chi connectivity index (χ4v) is 6.87. The van der Waals surface area contributed by atoms with E-state index in [1.807, 2.05) is 36.5 Å². The van der Waals surface area contributed by atoms with Crippen LogP contribution in [0.2, 0.25) is 0 Å². The molecule has 0 unspecified atom stereocenters. The summed E-state index contributed by atoms with van der Waals surface area (Å²) in [5, 5.41) is 10.2. The van der Waals surface area contributed by atoms with Crippen LogP contribution in [0.4, 0.5) is 0 Å². The molecular formula is C42H24N4O. The smallest absolute Gasteiger partial charge is 0.164 e. The molecule has 0 aliphatic carbocycles. The largest absolute Gasteiger partial charge is 0.456 e. The van der Waals surface area contributed by atoms with Crippen LogP contribution in [0.1, 0.15) is 0 Å². The van der Waals surface area contributed by atoms with Gasteiger partial charge in [-0.3, -0.25) is 4.98 Å². The molecule has 47 heavy (non-hydrogen) atoms. The lowest BCUT2D eigenvalue weighted by Crippen LogP contribution is -2.00. The first-order chi connectivity index (χ1) is 23.3. The fraction of sp³-hybridized carbons (Fsp3) is 0. The van der Waals surface area contributed by atoms with Crippen molar-refractivity contribution < 1.29 is 4.42 Å². The summed E-state index contributed by atoms with van der Waals surface area (Å²) in [5.74, 6) is 1.79. The molecule has 0 saturated carbocycles. The summed E-state index contributed by atoms with van der Waals surface area (Å²) >= 11 is 0. The molecule has 0 bridgehead atoms. The van der Waals surface area contributed by atoms with Gasteiger partial charge in [0.05, 0.1) is 5.52 Å². The van der Waals surface area contributed by atoms with Crippen LogP contribution in [0, 0.1) is 0 Å². The number of fused-ring (bicyclic) bond motifs is 9. The topological polar surface area (TPSA) is 64.7 Å². The van der Waals surface area contributed by atoms with Gasteiger partial charge >= 0.3 is 0 Å². The number of para-hydroxylation sites is 1. The van der Waals surface area contributed by atoms with Gasteiger partial charge in [-0.2, -0.15) is 0 Å². The Morgan fingerprint density at radius 1 is 0.404 bits per heavy atom. The summed E-state index contributed by atoms with van der Waals surface area (Å²) in [6.07, 6.45) is 1.96. The van der Waals surface area contributed by atoms with Gasteiger partial charge in [-0.05, 0) is 45.8 Å². The molecule has 7 aromatic carbocycles. The van der Waals surface area contributed by atoms with E-state index in [0.29, 0.717) is 17.5 Å². The summed E-state index contributed by atoms with van der Waals surface area (Å²) < 4.78 is 6.23. The Balaban J connectivity index is 1.22. The minimum atomic E-state index is 0.588. The Kier molecular flexibility index (Phi) is 5.51. The van der Waals surface area contributed by atoms with E-state index in [2.05, 4.69) is 109 Å². The molecule has 0 radical (unpaired) electrons. The second kappa shape index (κ2) is 10.0. The molecular weight excluding hydrogens is 576 g/mol. The molecule has 0 aliphatic rings. The number of aromatic nitrogens is 4. The van der Waals surface area contributed by atoms with Gasteiger partial charge in [-0.15, -0.1) is 0 Å². The molecule has 0 spiro atoms. The van der Waals surface area contributed by atoms with E-state index in [1.165, 1.54) is 21.5 Å². The SMILES string of the molecule is c1ccc2cc(-c3nc(-c4ccc5c(c4)ncc4ccc6ccccc6c45)nc(-c4cccc5oc6ccccc6c45)n3)ccc2c1. The van der Waals surface area contributed by atoms with Crippen molar-refractivity contribution in [1.29, 1.82) is 0 Å². The van der Waals surface area contributed by atoms with Crippen LogP contribution in [-0.2, 0) is 0 Å². The van der Waals surface area contributed by atoms with Crippen LogP contribution in [-0.4, -0.2) is 19.9 Å². The lowest BCUT2D eigenvalue weighted by atomic mass is 9.98. The number of furan rings is 1. The van der Waals surface area contributed by atoms with Gasteiger partial charge < -0.3 is 4.42 Å². The molecule has 0 amide bonds. The molecule has 5 nitrogen and oxygen atoms in total. The molecule has 0 fully saturated rings. The highest BCUT2D eigenvalue weighted by Crippen LogP contribution is 2.37. The highest BCUT2D eigenvalue weighted by Gasteiger charge is 2.18. The second-order valence-corrected chi connectivity index (χ2v) is 11.9. The van der Waals surface area contributed by atoms with E-state index < -0.39 is 0 Å². The predicted octanol–water partition coefficient (Wildman–Crippen LogP) is 10.8. The van der Waals surface area contributed by atoms with Crippen molar-refractivity contribution in [2.45, 2.75) is 0 Å². The third kappa shape index (κ3) is 4.10. The maximum absolute atomic E-state index is 6.23. The Morgan fingerprint density at radius 3 is 1.96 bits per heavy atom. The van der Waals surface area contributed by atoms with Crippen LogP contribution >= 0.6 is 0 Å². The minimum absolute atomic E-state index is 0.588. The van der Waals surface area contributed by atoms with Gasteiger partial charge in [0.2, 0.25) is 0 Å². The first-order valence-corrected chi connectivity index (χ1v) is 15.6. The van der Waals surface area contributed by atoms with Crippen LogP contribution < -0.4 is 0 Å². The molecule has 10 rings (SSSR count). The zero-order chi connectivity index (χ0) is 30.9. The highest BCUT2D eigenvalue weighted by molar-refractivity contribution is 6.19. The van der Waals surface area contributed by atoms with Gasteiger partial charge in [0.25, 0.3) is 0 Å². The van der Waals surface area contributed by atoms with Crippen molar-refractivity contribution in [3.05, 3.63) is 146 Å². The Morgan fingerprint density at radius 2 is 1.06 bits per heavy atom. The van der Waals surface area contributed by atoms with Crippen molar-refractivity contribution in [3.8, 4) is 34.2 Å². The molecule has 0 N–H and O–H groups in total. The van der Waals surface area contributed by atoms with Gasteiger partial charge in [0, 0.05) is 49.8 Å². The number of rotatable bonds is 3. The fourth-order valence-electron chi connectivity index (χ4n) is 6.87. The molecule has 5 heteroatoms. The summed E-state index contributed by atoms with van der Waals surface area (Å²) in [7, 11) is 0. The van der Waals surface area contributed by atoms with Crippen LogP contribution in [0.15, 0.2) is 150 Å². The van der Waals surface area contributed by atoms with E-state index >= 15 is 0 Å². The highest BCUT2D eigenvalue weighted by atomic mass is 16.3. The first-order valence-electron chi connectivity index (χ1n) is 15.6. The van der Waals surface area contributed by atoms with Crippen LogP contribution in [0.25, 0.3) is 99.3 Å². The Bertz CT molecular complexity index is 2870. The van der Waals surface area contributed by atoms with E-state index in [-0.39, 0.29) is 0 Å². The van der Waals surface area contributed by atoms with Crippen molar-refractivity contribution in [2.75, 3.05) is 0 Å². The van der Waals surface area contributed by atoms with Gasteiger partial charge in [-0.1, -0.05) is 115 Å². The number of hydrogen-bond acceptors (Lipinski definition) is 5. The maximum Gasteiger partial charge on any atom is 0.164 e. The zero-order valence-electron chi connectivity index (χ0n) is 25.1. The molecule has 3 heterocycles. The Labute approximate surface area is 268 Å². The zero-order valence-corrected chi connectivity index (χ0v) is 25.1. The van der Waals surface area contributed by atoms with Crippen LogP contribution in [0.3, 0.4) is 0 Å². The Hall–Kier alpha value is -6.46. The molecule has 0 atom stereocenters. The molecule has 10 aromatic rings. The summed E-state index contributed by atoms with van der Waals surface area (Å²) in [5.41, 5.74) is 5.22. The number of nitrogens with zero attached hydrogens (tertiary/aromatic N) is 4. The quantitative estimate of drug-likeness (QED) is 0.189. The molecule has 0 aliphatic heterocycles. The standard InChI is InChI=1S/C42H24N4O/c1-2-10-27-22-28(18-16-25(27)8-1)40-44-41(46-42(45-40)34-13-7-15-37-39(34)33-12-5-6-14-36(33)47-37)29-20-21-32-35(23-29)43-24-30-19-17-26-9-3-4-11-31(26)38(30)32/h1-24H. The normalized spacial score (nSPS) is 11.8. The molecule has 218 valence electrons. The third-order valence-electron chi connectivity index (χ3n) is 9.12. The number of hydrogen-bond donors (Lipinski definition) is 0. The summed E-state index contributed by atoms with van der Waals surface area (Å²) in [4.78, 5) is 20.2. The van der Waals surface area contributed by atoms with Gasteiger partial charge in [0.1, 0.15) is 11.2 Å². The second-order valence-electron chi connectivity index (χ2n) is 11.9. The molecule has 0 saturated heterocycles. The number of benzene rings is 7. The van der Waals surface area contributed by atoms with Crippen molar-refractivity contribution >= 4 is 65.2 Å². The number of pyridine rings is 1. The summed E-state index contributed by atoms with van der Waals surface area (Å²) in [6, 6.07) is 48.0. The van der Waals surface area contributed by atoms with E-state index in [1.54, 1.807) is 0 Å². The maximum atomic E-state index is 6.23. The van der Waals surface area contributed by atoms with Crippen molar-refractivity contribution in [2.24, 2.45) is 0 Å². The average molecular weight is 601 g/mol. The van der Waals surface area contributed by atoms with E-state index in [4.69, 9.17) is 24.4 Å². The van der Waals surface area contributed by atoms with Gasteiger partial charge in [0.15, 0.2) is 17.5 Å². The predicted molar refractivity (Wildman–Crippen MR) is 191 cm³/mol. The third-order valence-corrected chi connectivity index (χ3v) is 9.12.